The largest absolute Gasteiger partial charge is 0.381 e. The third-order valence-corrected chi connectivity index (χ3v) is 2.47. The lowest BCUT2D eigenvalue weighted by Gasteiger charge is -2.07. The number of benzene rings is 1. The maximum Gasteiger partial charge on any atom is 0.193 e. The van der Waals surface area contributed by atoms with E-state index in [1.165, 1.54) is 5.56 Å². The summed E-state index contributed by atoms with van der Waals surface area (Å²) in [6.45, 7) is 8.55. The summed E-state index contributed by atoms with van der Waals surface area (Å²) in [5.74, 6) is 1.03. The first-order valence-corrected chi connectivity index (χ1v) is 6.79. The molecule has 3 N–H and O–H groups in total. The highest BCUT2D eigenvalue weighted by atomic mass is 127. The molecule has 0 unspecified atom stereocenters. The lowest BCUT2D eigenvalue weighted by molar-refractivity contribution is 0.109. The van der Waals surface area contributed by atoms with E-state index in [-0.39, 0.29) is 24.0 Å². The fourth-order valence-electron chi connectivity index (χ4n) is 1.60. The third kappa shape index (κ3) is 9.14. The minimum Gasteiger partial charge on any atom is -0.381 e. The summed E-state index contributed by atoms with van der Waals surface area (Å²) in [5, 5.41) is 3.08. The average Bonchev–Trinajstić information content (AvgIpc) is 2.33. The number of halogens is 1. The van der Waals surface area contributed by atoms with E-state index >= 15 is 0 Å². The Labute approximate surface area is 139 Å². The fourth-order valence-corrected chi connectivity index (χ4v) is 1.60. The van der Waals surface area contributed by atoms with Crippen LogP contribution in [0.15, 0.2) is 29.3 Å². The fraction of sp³-hybridized carbons (Fsp3) is 0.533. The molecule has 0 spiro atoms. The molecule has 0 saturated heterocycles. The van der Waals surface area contributed by atoms with Crippen LogP contribution >= 0.6 is 24.0 Å². The van der Waals surface area contributed by atoms with Gasteiger partial charge >= 0.3 is 0 Å². The Kier molecular flexibility index (Phi) is 10.5. The number of aliphatic imine (C=N–C) groups is 1. The number of hydrogen-bond donors (Lipinski definition) is 2. The average molecular weight is 391 g/mol. The standard InChI is InChI=1S/C15H25N3O.HI/c1-12(2)11-19-9-5-8-17-15(16)18-14-7-4-6-13(3)10-14;/h4,6-7,10,12H,5,8-9,11H2,1-3H3,(H3,16,17,18);1H. The van der Waals surface area contributed by atoms with Gasteiger partial charge in [0.1, 0.15) is 0 Å². The maximum absolute atomic E-state index is 5.82. The molecule has 0 bridgehead atoms. The minimum absolute atomic E-state index is 0. The normalized spacial score (nSPS) is 11.3. The Bertz CT molecular complexity index is 408. The molecule has 0 saturated carbocycles. The number of anilines is 1. The smallest absolute Gasteiger partial charge is 0.193 e. The molecule has 0 aliphatic heterocycles. The van der Waals surface area contributed by atoms with Crippen molar-refractivity contribution in [2.45, 2.75) is 27.2 Å². The highest BCUT2D eigenvalue weighted by Gasteiger charge is 1.96. The van der Waals surface area contributed by atoms with E-state index in [1.54, 1.807) is 0 Å². The van der Waals surface area contributed by atoms with Crippen molar-refractivity contribution in [1.29, 1.82) is 0 Å². The second kappa shape index (κ2) is 10.9. The SMILES string of the molecule is Cc1cccc(NC(N)=NCCCOCC(C)C)c1.I. The van der Waals surface area contributed by atoms with Crippen molar-refractivity contribution in [3.63, 3.8) is 0 Å². The number of aryl methyl sites for hydroxylation is 1. The minimum atomic E-state index is 0. The summed E-state index contributed by atoms with van der Waals surface area (Å²) < 4.78 is 5.48. The summed E-state index contributed by atoms with van der Waals surface area (Å²) in [7, 11) is 0. The summed E-state index contributed by atoms with van der Waals surface area (Å²) in [6, 6.07) is 8.05. The molecule has 5 heteroatoms. The van der Waals surface area contributed by atoms with Crippen LogP contribution in [-0.4, -0.2) is 25.7 Å². The van der Waals surface area contributed by atoms with Crippen molar-refractivity contribution in [2.75, 3.05) is 25.1 Å². The van der Waals surface area contributed by atoms with E-state index in [9.17, 15) is 0 Å². The zero-order chi connectivity index (χ0) is 14.1. The molecule has 0 aliphatic rings. The van der Waals surface area contributed by atoms with Crippen LogP contribution in [0, 0.1) is 12.8 Å². The topological polar surface area (TPSA) is 59.6 Å². The molecule has 114 valence electrons. The molecule has 20 heavy (non-hydrogen) atoms. The lowest BCUT2D eigenvalue weighted by Crippen LogP contribution is -2.23. The van der Waals surface area contributed by atoms with E-state index in [2.05, 4.69) is 24.2 Å². The molecule has 0 aliphatic carbocycles. The molecular formula is C15H26IN3O. The predicted octanol–water partition coefficient (Wildman–Crippen LogP) is 3.40. The molecule has 1 rings (SSSR count). The van der Waals surface area contributed by atoms with Gasteiger partial charge in [-0.2, -0.15) is 0 Å². The molecule has 1 aromatic carbocycles. The van der Waals surface area contributed by atoms with Gasteiger partial charge in [-0.15, -0.1) is 24.0 Å². The molecule has 0 aromatic heterocycles. The van der Waals surface area contributed by atoms with Gasteiger partial charge < -0.3 is 15.8 Å². The van der Waals surface area contributed by atoms with Crippen LogP contribution in [0.4, 0.5) is 5.69 Å². The van der Waals surface area contributed by atoms with Gasteiger partial charge in [0.15, 0.2) is 5.96 Å². The molecular weight excluding hydrogens is 365 g/mol. The third-order valence-electron chi connectivity index (χ3n) is 2.47. The Hall–Kier alpha value is -0.820. The zero-order valence-corrected chi connectivity index (χ0v) is 14.9. The summed E-state index contributed by atoms with van der Waals surface area (Å²) in [5.41, 5.74) is 7.98. The number of nitrogens with two attached hydrogens (primary N) is 1. The van der Waals surface area contributed by atoms with Crippen molar-refractivity contribution >= 4 is 35.6 Å². The van der Waals surface area contributed by atoms with Crippen molar-refractivity contribution < 1.29 is 4.74 Å². The summed E-state index contributed by atoms with van der Waals surface area (Å²) in [6.07, 6.45) is 0.892. The van der Waals surface area contributed by atoms with Crippen molar-refractivity contribution in [3.05, 3.63) is 29.8 Å². The van der Waals surface area contributed by atoms with E-state index < -0.39 is 0 Å². The van der Waals surface area contributed by atoms with Crippen molar-refractivity contribution in [3.8, 4) is 0 Å². The number of rotatable bonds is 7. The first-order valence-electron chi connectivity index (χ1n) is 6.79. The van der Waals surface area contributed by atoms with Gasteiger partial charge in [-0.3, -0.25) is 4.99 Å². The Morgan fingerprint density at radius 1 is 1.40 bits per heavy atom. The monoisotopic (exact) mass is 391 g/mol. The quantitative estimate of drug-likeness (QED) is 0.324. The van der Waals surface area contributed by atoms with Gasteiger partial charge in [0.2, 0.25) is 0 Å². The summed E-state index contributed by atoms with van der Waals surface area (Å²) >= 11 is 0. The van der Waals surface area contributed by atoms with E-state index in [4.69, 9.17) is 10.5 Å². The van der Waals surface area contributed by atoms with Gasteiger partial charge in [-0.05, 0) is 37.0 Å². The molecule has 0 heterocycles. The van der Waals surface area contributed by atoms with Gasteiger partial charge in [0, 0.05) is 25.4 Å². The van der Waals surface area contributed by atoms with E-state index in [0.717, 1.165) is 25.3 Å². The second-order valence-electron chi connectivity index (χ2n) is 5.08. The van der Waals surface area contributed by atoms with Gasteiger partial charge in [-0.1, -0.05) is 26.0 Å². The van der Waals surface area contributed by atoms with Crippen LogP contribution in [0.3, 0.4) is 0 Å². The first-order chi connectivity index (χ1) is 9.08. The van der Waals surface area contributed by atoms with Crippen LogP contribution in [0.5, 0.6) is 0 Å². The highest BCUT2D eigenvalue weighted by Crippen LogP contribution is 2.08. The van der Waals surface area contributed by atoms with Crippen LogP contribution in [0.2, 0.25) is 0 Å². The highest BCUT2D eigenvalue weighted by molar-refractivity contribution is 14.0. The second-order valence-corrected chi connectivity index (χ2v) is 5.08. The van der Waals surface area contributed by atoms with Gasteiger partial charge in [0.05, 0.1) is 0 Å². The van der Waals surface area contributed by atoms with E-state index in [1.807, 2.05) is 31.2 Å². The molecule has 0 fully saturated rings. The maximum atomic E-state index is 5.82. The van der Waals surface area contributed by atoms with Gasteiger partial charge in [-0.25, -0.2) is 0 Å². The Balaban J connectivity index is 0.00000361. The zero-order valence-electron chi connectivity index (χ0n) is 12.6. The number of nitrogens with one attached hydrogen (secondary N) is 1. The number of guanidine groups is 1. The number of ether oxygens (including phenoxy) is 1. The number of hydrogen-bond acceptors (Lipinski definition) is 2. The number of nitrogens with zero attached hydrogens (tertiary/aromatic N) is 1. The van der Waals surface area contributed by atoms with Crippen LogP contribution < -0.4 is 11.1 Å². The molecule has 0 radical (unpaired) electrons. The van der Waals surface area contributed by atoms with Crippen LogP contribution in [-0.2, 0) is 4.74 Å². The van der Waals surface area contributed by atoms with Crippen LogP contribution in [0.25, 0.3) is 0 Å². The Morgan fingerprint density at radius 2 is 2.15 bits per heavy atom. The molecule has 0 amide bonds. The van der Waals surface area contributed by atoms with E-state index in [0.29, 0.717) is 18.4 Å². The first kappa shape index (κ1) is 19.2. The van der Waals surface area contributed by atoms with Crippen molar-refractivity contribution in [2.24, 2.45) is 16.6 Å². The van der Waals surface area contributed by atoms with Gasteiger partial charge in [0.25, 0.3) is 0 Å². The molecule has 1 aromatic rings. The molecule has 4 nitrogen and oxygen atoms in total. The van der Waals surface area contributed by atoms with Crippen molar-refractivity contribution in [1.82, 2.24) is 0 Å². The van der Waals surface area contributed by atoms with Crippen LogP contribution in [0.1, 0.15) is 25.8 Å². The summed E-state index contributed by atoms with van der Waals surface area (Å²) in [4.78, 5) is 4.27. The molecule has 0 atom stereocenters. The predicted molar refractivity (Wildman–Crippen MR) is 97.0 cm³/mol. The Morgan fingerprint density at radius 3 is 2.80 bits per heavy atom. The lowest BCUT2D eigenvalue weighted by atomic mass is 10.2.